The summed E-state index contributed by atoms with van der Waals surface area (Å²) in [5.41, 5.74) is 1.87. The van der Waals surface area contributed by atoms with Crippen LogP contribution in [0.4, 0.5) is 4.39 Å². The van der Waals surface area contributed by atoms with Gasteiger partial charge in [0.25, 0.3) is 11.8 Å². The van der Waals surface area contributed by atoms with Crippen molar-refractivity contribution in [3.63, 3.8) is 0 Å². The summed E-state index contributed by atoms with van der Waals surface area (Å²) < 4.78 is 39.0. The topological polar surface area (TPSA) is 173 Å². The number of rotatable bonds is 6. The molecule has 2 aromatic carbocycles. The third-order valence-electron chi connectivity index (χ3n) is 5.83. The van der Waals surface area contributed by atoms with E-state index >= 15 is 0 Å². The lowest BCUT2D eigenvalue weighted by molar-refractivity contribution is 0.0935. The molecule has 12 nitrogen and oxygen atoms in total. The highest BCUT2D eigenvalue weighted by molar-refractivity contribution is 7.91. The van der Waals surface area contributed by atoms with Crippen LogP contribution in [0.5, 0.6) is 0 Å². The Balaban J connectivity index is 1.29. The summed E-state index contributed by atoms with van der Waals surface area (Å²) >= 11 is 0. The number of hydrogen-bond acceptors (Lipinski definition) is 9. The summed E-state index contributed by atoms with van der Waals surface area (Å²) in [5, 5.41) is 18.8. The molecule has 0 saturated carbocycles. The molecule has 0 radical (unpaired) electrons. The first-order valence-corrected chi connectivity index (χ1v) is 12.6. The van der Waals surface area contributed by atoms with Gasteiger partial charge < -0.3 is 10.6 Å². The number of aryl methyl sites for hydroxylation is 1. The van der Waals surface area contributed by atoms with E-state index in [0.29, 0.717) is 22.3 Å². The average Bonchev–Trinajstić information content (AvgIpc) is 3.51. The first-order valence-electron chi connectivity index (χ1n) is 11.0. The SMILES string of the molecule is Cc1cc(CNC(=O)c2cc(C(=O)N[C@@H]3CS(=O)(=O)c4cc(-c5nn[nH]n5)ccc43)ncn2)ccc1F. The van der Waals surface area contributed by atoms with Crippen molar-refractivity contribution >= 4 is 21.7 Å². The molecule has 2 amide bonds. The molecule has 4 aromatic rings. The van der Waals surface area contributed by atoms with Crippen molar-refractivity contribution < 1.29 is 22.4 Å². The molecule has 3 N–H and O–H groups in total. The van der Waals surface area contributed by atoms with Crippen molar-refractivity contribution in [1.29, 1.82) is 0 Å². The number of carbonyl (C=O) groups excluding carboxylic acids is 2. The van der Waals surface area contributed by atoms with E-state index < -0.39 is 27.7 Å². The van der Waals surface area contributed by atoms with Crippen molar-refractivity contribution in [2.45, 2.75) is 24.4 Å². The Kier molecular flexibility index (Phi) is 6.17. The lowest BCUT2D eigenvalue weighted by atomic mass is 10.1. The van der Waals surface area contributed by atoms with Gasteiger partial charge in [0.1, 0.15) is 23.5 Å². The van der Waals surface area contributed by atoms with Crippen LogP contribution >= 0.6 is 0 Å². The van der Waals surface area contributed by atoms with Crippen molar-refractivity contribution in [2.75, 3.05) is 5.75 Å². The van der Waals surface area contributed by atoms with Crippen molar-refractivity contribution in [2.24, 2.45) is 0 Å². The maximum Gasteiger partial charge on any atom is 0.270 e. The monoisotopic (exact) mass is 522 g/mol. The minimum Gasteiger partial charge on any atom is -0.347 e. The predicted octanol–water partition coefficient (Wildman–Crippen LogP) is 1.29. The summed E-state index contributed by atoms with van der Waals surface area (Å²) in [6.07, 6.45) is 1.07. The van der Waals surface area contributed by atoms with E-state index in [1.54, 1.807) is 31.2 Å². The number of halogens is 1. The van der Waals surface area contributed by atoms with Gasteiger partial charge in [0.15, 0.2) is 9.84 Å². The predicted molar refractivity (Wildman–Crippen MR) is 126 cm³/mol. The van der Waals surface area contributed by atoms with Crippen LogP contribution in [0.25, 0.3) is 11.4 Å². The minimum absolute atomic E-state index is 0.0526. The molecule has 0 aliphatic carbocycles. The van der Waals surface area contributed by atoms with Crippen LogP contribution in [0.2, 0.25) is 0 Å². The third-order valence-corrected chi connectivity index (χ3v) is 7.62. The molecular weight excluding hydrogens is 503 g/mol. The second kappa shape index (κ2) is 9.46. The number of benzene rings is 2. The summed E-state index contributed by atoms with van der Waals surface area (Å²) in [6, 6.07) is 9.55. The molecule has 1 aliphatic rings. The number of carbonyl (C=O) groups is 2. The molecule has 0 unspecified atom stereocenters. The van der Waals surface area contributed by atoms with Gasteiger partial charge in [-0.3, -0.25) is 9.59 Å². The van der Waals surface area contributed by atoms with Crippen LogP contribution in [0.15, 0.2) is 53.7 Å². The molecule has 5 rings (SSSR count). The van der Waals surface area contributed by atoms with Crippen LogP contribution < -0.4 is 10.6 Å². The number of amides is 2. The summed E-state index contributed by atoms with van der Waals surface area (Å²) in [6.45, 7) is 1.75. The Hall–Kier alpha value is -4.59. The standard InChI is InChI=1S/C23H19FN8O4S/c1-12-6-13(2-5-16(12)24)9-25-22(33)17-8-18(27-11-26-17)23(34)28-19-10-37(35,36)20-7-14(3-4-15(19)20)21-29-31-32-30-21/h2-8,11,19H,9-10H2,1H3,(H,25,33)(H,28,34)(H,29,30,31,32)/t19-/m1/s1. The average molecular weight is 523 g/mol. The molecule has 37 heavy (non-hydrogen) atoms. The summed E-state index contributed by atoms with van der Waals surface area (Å²) in [7, 11) is -3.68. The normalized spacial score (nSPS) is 15.7. The molecule has 2 aromatic heterocycles. The van der Waals surface area contributed by atoms with Crippen molar-refractivity contribution in [3.8, 4) is 11.4 Å². The quantitative estimate of drug-likeness (QED) is 0.337. The van der Waals surface area contributed by atoms with Gasteiger partial charge in [-0.1, -0.05) is 24.3 Å². The third kappa shape index (κ3) is 4.91. The highest BCUT2D eigenvalue weighted by Crippen LogP contribution is 2.35. The Morgan fingerprint density at radius 3 is 2.59 bits per heavy atom. The van der Waals surface area contributed by atoms with Crippen LogP contribution in [0, 0.1) is 12.7 Å². The number of nitrogens with zero attached hydrogens (tertiary/aromatic N) is 5. The summed E-state index contributed by atoms with van der Waals surface area (Å²) in [4.78, 5) is 33.4. The highest BCUT2D eigenvalue weighted by atomic mass is 32.2. The van der Waals surface area contributed by atoms with Gasteiger partial charge in [-0.2, -0.15) is 5.21 Å². The minimum atomic E-state index is -3.68. The molecule has 1 aliphatic heterocycles. The van der Waals surface area contributed by atoms with Gasteiger partial charge in [0.05, 0.1) is 16.7 Å². The molecule has 188 valence electrons. The number of aromatic amines is 1. The number of fused-ring (bicyclic) bond motifs is 1. The molecule has 14 heteroatoms. The van der Waals surface area contributed by atoms with Gasteiger partial charge in [0.2, 0.25) is 5.82 Å². The van der Waals surface area contributed by atoms with Crippen molar-refractivity contribution in [1.82, 2.24) is 41.2 Å². The number of H-pyrrole nitrogens is 1. The van der Waals surface area contributed by atoms with Gasteiger partial charge in [-0.15, -0.1) is 10.2 Å². The van der Waals surface area contributed by atoms with Gasteiger partial charge in [0, 0.05) is 18.2 Å². The lowest BCUT2D eigenvalue weighted by Gasteiger charge is -2.13. The van der Waals surface area contributed by atoms with Crippen LogP contribution in [-0.4, -0.2) is 56.6 Å². The first kappa shape index (κ1) is 24.1. The molecular formula is C23H19FN8O4S. The number of aromatic nitrogens is 6. The van der Waals surface area contributed by atoms with Crippen LogP contribution in [-0.2, 0) is 16.4 Å². The highest BCUT2D eigenvalue weighted by Gasteiger charge is 2.36. The maximum atomic E-state index is 13.4. The Bertz CT molecular complexity index is 1630. The molecule has 0 spiro atoms. The van der Waals surface area contributed by atoms with Gasteiger partial charge in [-0.05, 0) is 41.0 Å². The van der Waals surface area contributed by atoms with E-state index in [-0.39, 0.29) is 40.2 Å². The zero-order valence-corrected chi connectivity index (χ0v) is 20.1. The van der Waals surface area contributed by atoms with E-state index in [1.807, 2.05) is 0 Å². The maximum absolute atomic E-state index is 13.4. The van der Waals surface area contributed by atoms with E-state index in [0.717, 1.165) is 6.33 Å². The van der Waals surface area contributed by atoms with Crippen molar-refractivity contribution in [3.05, 3.63) is 82.7 Å². The Morgan fingerprint density at radius 2 is 1.86 bits per heavy atom. The Morgan fingerprint density at radius 1 is 1.08 bits per heavy atom. The number of tetrazole rings is 1. The molecule has 0 fully saturated rings. The first-order chi connectivity index (χ1) is 17.7. The fourth-order valence-corrected chi connectivity index (χ4v) is 5.72. The van der Waals surface area contributed by atoms with E-state index in [1.165, 1.54) is 18.2 Å². The number of nitrogens with one attached hydrogen (secondary N) is 3. The fourth-order valence-electron chi connectivity index (χ4n) is 3.96. The smallest absolute Gasteiger partial charge is 0.270 e. The van der Waals surface area contributed by atoms with E-state index in [9.17, 15) is 22.4 Å². The second-order valence-electron chi connectivity index (χ2n) is 8.35. The van der Waals surface area contributed by atoms with Gasteiger partial charge >= 0.3 is 0 Å². The Labute approximate surface area is 209 Å². The molecule has 0 saturated heterocycles. The number of hydrogen-bond donors (Lipinski definition) is 3. The second-order valence-corrected chi connectivity index (χ2v) is 10.4. The molecule has 3 heterocycles. The largest absolute Gasteiger partial charge is 0.347 e. The van der Waals surface area contributed by atoms with Crippen LogP contribution in [0.1, 0.15) is 43.7 Å². The lowest BCUT2D eigenvalue weighted by Crippen LogP contribution is -2.31. The zero-order chi connectivity index (χ0) is 26.2. The summed E-state index contributed by atoms with van der Waals surface area (Å²) in [5.74, 6) is -1.65. The fraction of sp³-hybridized carbons (Fsp3) is 0.174. The van der Waals surface area contributed by atoms with E-state index in [2.05, 4.69) is 41.2 Å². The zero-order valence-electron chi connectivity index (χ0n) is 19.3. The van der Waals surface area contributed by atoms with Crippen LogP contribution in [0.3, 0.4) is 0 Å². The van der Waals surface area contributed by atoms with E-state index in [4.69, 9.17) is 0 Å². The molecule has 0 bridgehead atoms. The molecule has 1 atom stereocenters. The number of sulfone groups is 1. The van der Waals surface area contributed by atoms with Gasteiger partial charge in [-0.25, -0.2) is 22.8 Å².